The minimum atomic E-state index is -1.02. The Hall–Kier alpha value is -2.48. The second-order valence-electron chi connectivity index (χ2n) is 7.39. The maximum atomic E-state index is 13.3. The molecule has 29 heavy (non-hydrogen) atoms. The Morgan fingerprint density at radius 1 is 1.10 bits per heavy atom. The van der Waals surface area contributed by atoms with Crippen LogP contribution in [0, 0.1) is 18.6 Å². The summed E-state index contributed by atoms with van der Waals surface area (Å²) in [5.74, 6) is -0.879. The van der Waals surface area contributed by atoms with Crippen LogP contribution in [-0.4, -0.2) is 42.1 Å². The number of halogens is 3. The van der Waals surface area contributed by atoms with Crippen molar-refractivity contribution in [1.29, 1.82) is 0 Å². The quantitative estimate of drug-likeness (QED) is 0.764. The normalized spacial score (nSPS) is 18.5. The van der Waals surface area contributed by atoms with Gasteiger partial charge in [-0.2, -0.15) is 4.98 Å². The largest absolute Gasteiger partial charge is 0.362 e. The summed E-state index contributed by atoms with van der Waals surface area (Å²) in [6, 6.07) is 3.42. The Kier molecular flexibility index (Phi) is 7.73. The molecular weight excluding hydrogens is 400 g/mol. The van der Waals surface area contributed by atoms with E-state index in [2.05, 4.69) is 20.6 Å². The number of aryl methyl sites for hydroxylation is 1. The van der Waals surface area contributed by atoms with Gasteiger partial charge in [0.05, 0.1) is 0 Å². The smallest absolute Gasteiger partial charge is 0.251 e. The van der Waals surface area contributed by atoms with Gasteiger partial charge >= 0.3 is 0 Å². The Morgan fingerprint density at radius 2 is 1.76 bits per heavy atom. The molecule has 0 radical (unpaired) electrons. The van der Waals surface area contributed by atoms with E-state index in [0.29, 0.717) is 5.95 Å². The molecule has 1 amide bonds. The van der Waals surface area contributed by atoms with Crippen molar-refractivity contribution in [3.63, 3.8) is 0 Å². The fourth-order valence-electron chi connectivity index (χ4n) is 3.43. The van der Waals surface area contributed by atoms with E-state index >= 15 is 0 Å². The van der Waals surface area contributed by atoms with Crippen LogP contribution in [0.25, 0.3) is 0 Å². The molecule has 0 aliphatic heterocycles. The van der Waals surface area contributed by atoms with Crippen LogP contribution in [0.3, 0.4) is 0 Å². The van der Waals surface area contributed by atoms with Crippen molar-refractivity contribution in [1.82, 2.24) is 15.3 Å². The Labute approximate surface area is 175 Å². The number of carbonyl (C=O) groups excluding carboxylic acids is 1. The van der Waals surface area contributed by atoms with Crippen LogP contribution >= 0.6 is 12.4 Å². The van der Waals surface area contributed by atoms with Crippen molar-refractivity contribution in [3.05, 3.63) is 47.2 Å². The molecule has 1 aliphatic carbocycles. The number of anilines is 2. The van der Waals surface area contributed by atoms with Gasteiger partial charge in [-0.3, -0.25) is 4.79 Å². The highest BCUT2D eigenvalue weighted by atomic mass is 35.5. The molecule has 0 unspecified atom stereocenters. The Bertz CT molecular complexity index is 857. The molecule has 0 bridgehead atoms. The molecule has 3 rings (SSSR count). The van der Waals surface area contributed by atoms with Gasteiger partial charge in [0.15, 0.2) is 11.6 Å². The molecule has 1 saturated carbocycles. The molecule has 158 valence electrons. The highest BCUT2D eigenvalue weighted by Gasteiger charge is 2.24. The van der Waals surface area contributed by atoms with Crippen molar-refractivity contribution in [2.45, 2.75) is 44.7 Å². The van der Waals surface area contributed by atoms with E-state index in [-0.39, 0.29) is 36.0 Å². The van der Waals surface area contributed by atoms with Crippen molar-refractivity contribution in [3.8, 4) is 0 Å². The molecule has 1 heterocycles. The average molecular weight is 426 g/mol. The third-order valence-corrected chi connectivity index (χ3v) is 4.95. The number of amides is 1. The van der Waals surface area contributed by atoms with Gasteiger partial charge < -0.3 is 15.5 Å². The summed E-state index contributed by atoms with van der Waals surface area (Å²) in [7, 11) is 3.89. The third-order valence-electron chi connectivity index (χ3n) is 4.95. The molecular formula is C20H26ClF2N5O. The first-order valence-electron chi connectivity index (χ1n) is 9.37. The van der Waals surface area contributed by atoms with Crippen LogP contribution < -0.4 is 15.5 Å². The molecule has 9 heteroatoms. The Morgan fingerprint density at radius 3 is 2.38 bits per heavy atom. The molecule has 1 aromatic heterocycles. The predicted octanol–water partition coefficient (Wildman–Crippen LogP) is 3.70. The first kappa shape index (κ1) is 22.8. The van der Waals surface area contributed by atoms with Crippen molar-refractivity contribution < 1.29 is 13.6 Å². The summed E-state index contributed by atoms with van der Waals surface area (Å²) in [6.07, 6.45) is 5.10. The topological polar surface area (TPSA) is 70.1 Å². The van der Waals surface area contributed by atoms with Gasteiger partial charge in [-0.25, -0.2) is 13.8 Å². The van der Waals surface area contributed by atoms with E-state index in [1.165, 1.54) is 6.07 Å². The lowest BCUT2D eigenvalue weighted by Gasteiger charge is -2.30. The second kappa shape index (κ2) is 9.82. The van der Waals surface area contributed by atoms with Gasteiger partial charge in [0.2, 0.25) is 5.95 Å². The summed E-state index contributed by atoms with van der Waals surface area (Å²) in [4.78, 5) is 23.1. The SMILES string of the molecule is Cc1cnc(N[C@H]2CC[C@@H](NC(=O)c3ccc(F)c(F)c3)CC2)nc1N(C)C.Cl. The summed E-state index contributed by atoms with van der Waals surface area (Å²) < 4.78 is 26.3. The third kappa shape index (κ3) is 5.76. The number of carbonyl (C=O) groups is 1. The van der Waals surface area contributed by atoms with Crippen LogP contribution in [-0.2, 0) is 0 Å². The number of nitrogens with one attached hydrogen (secondary N) is 2. The molecule has 1 aliphatic rings. The van der Waals surface area contributed by atoms with Crippen LogP contribution in [0.5, 0.6) is 0 Å². The summed E-state index contributed by atoms with van der Waals surface area (Å²) in [5.41, 5.74) is 1.14. The minimum Gasteiger partial charge on any atom is -0.362 e. The van der Waals surface area contributed by atoms with Gasteiger partial charge in [0, 0.05) is 43.5 Å². The summed E-state index contributed by atoms with van der Waals surface area (Å²) in [6.45, 7) is 1.97. The van der Waals surface area contributed by atoms with Gasteiger partial charge in [-0.05, 0) is 50.8 Å². The molecule has 6 nitrogen and oxygen atoms in total. The van der Waals surface area contributed by atoms with Gasteiger partial charge in [-0.1, -0.05) is 0 Å². The number of benzene rings is 1. The highest BCUT2D eigenvalue weighted by molar-refractivity contribution is 5.94. The maximum absolute atomic E-state index is 13.3. The van der Waals surface area contributed by atoms with E-state index in [4.69, 9.17) is 0 Å². The monoisotopic (exact) mass is 425 g/mol. The average Bonchev–Trinajstić information content (AvgIpc) is 2.66. The zero-order valence-corrected chi connectivity index (χ0v) is 17.5. The van der Waals surface area contributed by atoms with E-state index in [9.17, 15) is 13.6 Å². The predicted molar refractivity (Wildman–Crippen MR) is 112 cm³/mol. The Balaban J connectivity index is 0.00000300. The van der Waals surface area contributed by atoms with Crippen LogP contribution in [0.15, 0.2) is 24.4 Å². The fourth-order valence-corrected chi connectivity index (χ4v) is 3.43. The van der Waals surface area contributed by atoms with Crippen molar-refractivity contribution in [2.24, 2.45) is 0 Å². The van der Waals surface area contributed by atoms with Crippen molar-refractivity contribution >= 4 is 30.1 Å². The molecule has 0 spiro atoms. The van der Waals surface area contributed by atoms with Crippen LogP contribution in [0.2, 0.25) is 0 Å². The fraction of sp³-hybridized carbons (Fsp3) is 0.450. The summed E-state index contributed by atoms with van der Waals surface area (Å²) >= 11 is 0. The van der Waals surface area contributed by atoms with Crippen LogP contribution in [0.4, 0.5) is 20.5 Å². The molecule has 0 saturated heterocycles. The molecule has 2 N–H and O–H groups in total. The van der Waals surface area contributed by atoms with Crippen molar-refractivity contribution in [2.75, 3.05) is 24.3 Å². The lowest BCUT2D eigenvalue weighted by molar-refractivity contribution is 0.0926. The first-order valence-corrected chi connectivity index (χ1v) is 9.37. The lowest BCUT2D eigenvalue weighted by atomic mass is 9.91. The number of hydrogen-bond donors (Lipinski definition) is 2. The highest BCUT2D eigenvalue weighted by Crippen LogP contribution is 2.23. The van der Waals surface area contributed by atoms with E-state index in [0.717, 1.165) is 49.2 Å². The van der Waals surface area contributed by atoms with Gasteiger partial charge in [0.25, 0.3) is 5.91 Å². The summed E-state index contributed by atoms with van der Waals surface area (Å²) in [5, 5.41) is 6.27. The van der Waals surface area contributed by atoms with Crippen LogP contribution in [0.1, 0.15) is 41.6 Å². The number of rotatable bonds is 5. The zero-order chi connectivity index (χ0) is 20.3. The second-order valence-corrected chi connectivity index (χ2v) is 7.39. The number of nitrogens with zero attached hydrogens (tertiary/aromatic N) is 3. The first-order chi connectivity index (χ1) is 13.3. The molecule has 2 aromatic rings. The van der Waals surface area contributed by atoms with E-state index in [1.54, 1.807) is 6.20 Å². The zero-order valence-electron chi connectivity index (χ0n) is 16.7. The van der Waals surface area contributed by atoms with Gasteiger partial charge in [-0.15, -0.1) is 12.4 Å². The standard InChI is InChI=1S/C20H25F2N5O.ClH/c1-12-11-23-20(26-18(12)27(2)3)25-15-7-5-14(6-8-15)24-19(28)13-4-9-16(21)17(22)10-13;/h4,9-11,14-15H,5-8H2,1-3H3,(H,24,28)(H,23,25,26);1H/t14-,15+;. The molecule has 1 fully saturated rings. The molecule has 1 aromatic carbocycles. The molecule has 0 atom stereocenters. The van der Waals surface area contributed by atoms with Gasteiger partial charge in [0.1, 0.15) is 5.82 Å². The number of hydrogen-bond acceptors (Lipinski definition) is 5. The van der Waals surface area contributed by atoms with E-state index in [1.807, 2.05) is 25.9 Å². The number of aromatic nitrogens is 2. The minimum absolute atomic E-state index is 0. The van der Waals surface area contributed by atoms with E-state index < -0.39 is 11.6 Å². The lowest BCUT2D eigenvalue weighted by Crippen LogP contribution is -2.40. The maximum Gasteiger partial charge on any atom is 0.251 e.